The molecular weight excluding hydrogens is 335 g/mol. The average molecular weight is 345 g/mol. The van der Waals surface area contributed by atoms with Gasteiger partial charge in [-0.15, -0.1) is 0 Å². The Bertz CT molecular complexity index is 789. The Balaban J connectivity index is 2.10. The molecule has 9 heteroatoms. The molecule has 6 nitrogen and oxygen atoms in total. The van der Waals surface area contributed by atoms with Crippen LogP contribution >= 0.6 is 11.6 Å². The Morgan fingerprint density at radius 1 is 1.09 bits per heavy atom. The van der Waals surface area contributed by atoms with E-state index in [0.717, 1.165) is 18.2 Å². The number of benzene rings is 2. The molecule has 0 unspecified atom stereocenters. The Morgan fingerprint density at radius 2 is 1.73 bits per heavy atom. The first-order valence-corrected chi connectivity index (χ1v) is 7.69. The summed E-state index contributed by atoms with van der Waals surface area (Å²) >= 11 is 5.77. The van der Waals surface area contributed by atoms with Crippen LogP contribution in [0, 0.1) is 5.82 Å². The molecule has 0 saturated carbocycles. The first-order chi connectivity index (χ1) is 10.3. The molecule has 22 heavy (non-hydrogen) atoms. The highest BCUT2D eigenvalue weighted by Gasteiger charge is 2.12. The predicted molar refractivity (Wildman–Crippen MR) is 80.3 cm³/mol. The zero-order chi connectivity index (χ0) is 16.3. The van der Waals surface area contributed by atoms with Crippen LogP contribution in [0.5, 0.6) is 0 Å². The fraction of sp³-hybridized carbons (Fsp3) is 0. The molecule has 0 atom stereocenters. The molecule has 116 valence electrons. The van der Waals surface area contributed by atoms with Gasteiger partial charge in [-0.3, -0.25) is 4.55 Å². The van der Waals surface area contributed by atoms with Crippen molar-refractivity contribution >= 4 is 39.1 Å². The van der Waals surface area contributed by atoms with Crippen molar-refractivity contribution in [2.75, 3.05) is 10.6 Å². The van der Waals surface area contributed by atoms with Crippen molar-refractivity contribution in [1.82, 2.24) is 0 Å². The number of carbonyl (C=O) groups excluding carboxylic acids is 1. The summed E-state index contributed by atoms with van der Waals surface area (Å²) in [4.78, 5) is 11.4. The second-order valence-corrected chi connectivity index (χ2v) is 6.00. The highest BCUT2D eigenvalue weighted by Crippen LogP contribution is 2.24. The van der Waals surface area contributed by atoms with E-state index < -0.39 is 22.0 Å². The molecule has 0 fully saturated rings. The van der Waals surface area contributed by atoms with Gasteiger partial charge in [-0.2, -0.15) is 8.42 Å². The lowest BCUT2D eigenvalue weighted by Gasteiger charge is -2.10. The predicted octanol–water partition coefficient (Wildman–Crippen LogP) is 3.37. The second kappa shape index (κ2) is 6.30. The third-order valence-corrected chi connectivity index (χ3v) is 3.79. The Hall–Kier alpha value is -2.16. The van der Waals surface area contributed by atoms with Crippen LogP contribution in [-0.4, -0.2) is 19.0 Å². The number of rotatable bonds is 3. The van der Waals surface area contributed by atoms with Gasteiger partial charge in [0.1, 0.15) is 5.82 Å². The molecule has 0 spiro atoms. The summed E-state index contributed by atoms with van der Waals surface area (Å²) in [6.45, 7) is 0. The fourth-order valence-electron chi connectivity index (χ4n) is 1.60. The van der Waals surface area contributed by atoms with Crippen LogP contribution in [0.15, 0.2) is 47.4 Å². The first kappa shape index (κ1) is 16.2. The van der Waals surface area contributed by atoms with Crippen LogP contribution in [0.1, 0.15) is 0 Å². The van der Waals surface area contributed by atoms with Crippen LogP contribution in [0.4, 0.5) is 20.6 Å². The zero-order valence-corrected chi connectivity index (χ0v) is 12.5. The van der Waals surface area contributed by atoms with E-state index in [4.69, 9.17) is 16.2 Å². The molecule has 0 radical (unpaired) electrons. The normalized spacial score (nSPS) is 11.0. The van der Waals surface area contributed by atoms with Crippen LogP contribution in [0.25, 0.3) is 0 Å². The molecule has 0 saturated heterocycles. The lowest BCUT2D eigenvalue weighted by Crippen LogP contribution is -2.20. The maximum absolute atomic E-state index is 13.5. The minimum atomic E-state index is -4.30. The van der Waals surface area contributed by atoms with E-state index in [-0.39, 0.29) is 21.3 Å². The Morgan fingerprint density at radius 3 is 2.27 bits per heavy atom. The maximum Gasteiger partial charge on any atom is 0.323 e. The molecule has 0 aliphatic heterocycles. The van der Waals surface area contributed by atoms with Gasteiger partial charge < -0.3 is 10.6 Å². The Labute approximate surface area is 130 Å². The summed E-state index contributed by atoms with van der Waals surface area (Å²) in [5.74, 6) is -0.690. The fourth-order valence-corrected chi connectivity index (χ4v) is 2.29. The molecule has 0 aromatic heterocycles. The molecule has 2 aromatic carbocycles. The van der Waals surface area contributed by atoms with Gasteiger partial charge in [0.2, 0.25) is 0 Å². The monoisotopic (exact) mass is 344 g/mol. The molecule has 2 rings (SSSR count). The topological polar surface area (TPSA) is 95.5 Å². The van der Waals surface area contributed by atoms with Gasteiger partial charge in [0.05, 0.1) is 15.6 Å². The largest absolute Gasteiger partial charge is 0.323 e. The van der Waals surface area contributed by atoms with Gasteiger partial charge >= 0.3 is 6.03 Å². The van der Waals surface area contributed by atoms with E-state index in [1.54, 1.807) is 0 Å². The van der Waals surface area contributed by atoms with Crippen molar-refractivity contribution in [2.24, 2.45) is 0 Å². The number of halogens is 2. The van der Waals surface area contributed by atoms with Gasteiger partial charge in [0, 0.05) is 5.69 Å². The average Bonchev–Trinajstić information content (AvgIpc) is 2.43. The van der Waals surface area contributed by atoms with E-state index in [1.807, 2.05) is 0 Å². The quantitative estimate of drug-likeness (QED) is 0.744. The van der Waals surface area contributed by atoms with Crippen LogP contribution in [0.3, 0.4) is 0 Å². The van der Waals surface area contributed by atoms with Crippen molar-refractivity contribution in [1.29, 1.82) is 0 Å². The second-order valence-electron chi connectivity index (χ2n) is 4.18. The number of hydrogen-bond donors (Lipinski definition) is 3. The van der Waals surface area contributed by atoms with E-state index in [2.05, 4.69) is 10.6 Å². The lowest BCUT2D eigenvalue weighted by molar-refractivity contribution is 0.262. The zero-order valence-electron chi connectivity index (χ0n) is 10.9. The number of urea groups is 1. The van der Waals surface area contributed by atoms with Crippen molar-refractivity contribution < 1.29 is 22.2 Å². The van der Waals surface area contributed by atoms with E-state index >= 15 is 0 Å². The van der Waals surface area contributed by atoms with Crippen molar-refractivity contribution in [3.05, 3.63) is 53.3 Å². The van der Waals surface area contributed by atoms with Crippen LogP contribution in [0.2, 0.25) is 5.02 Å². The molecule has 0 aliphatic rings. The molecular formula is C13H10ClFN2O4S. The standard InChI is InChI=1S/C13H10ClFN2O4S/c14-10-2-1-3-11(15)12(10)17-13(18)16-8-4-6-9(7-5-8)22(19,20)21/h1-7H,(H2,16,17,18)(H,19,20,21). The smallest absolute Gasteiger partial charge is 0.308 e. The summed E-state index contributed by atoms with van der Waals surface area (Å²) < 4.78 is 44.1. The number of amides is 2. The molecule has 0 bridgehead atoms. The van der Waals surface area contributed by atoms with E-state index in [9.17, 15) is 17.6 Å². The number of carbonyl (C=O) groups is 1. The van der Waals surface area contributed by atoms with Crippen LogP contribution in [-0.2, 0) is 10.1 Å². The first-order valence-electron chi connectivity index (χ1n) is 5.87. The third kappa shape index (κ3) is 3.94. The van der Waals surface area contributed by atoms with Crippen molar-refractivity contribution in [2.45, 2.75) is 4.90 Å². The van der Waals surface area contributed by atoms with Crippen molar-refractivity contribution in [3.63, 3.8) is 0 Å². The van der Waals surface area contributed by atoms with Crippen molar-refractivity contribution in [3.8, 4) is 0 Å². The maximum atomic E-state index is 13.5. The summed E-state index contributed by atoms with van der Waals surface area (Å²) in [5, 5.41) is 4.66. The van der Waals surface area contributed by atoms with Gasteiger partial charge in [0.15, 0.2) is 0 Å². The van der Waals surface area contributed by atoms with Gasteiger partial charge in [-0.25, -0.2) is 9.18 Å². The molecule has 2 amide bonds. The van der Waals surface area contributed by atoms with E-state index in [0.29, 0.717) is 0 Å². The number of anilines is 2. The molecule has 0 aliphatic carbocycles. The summed E-state index contributed by atoms with van der Waals surface area (Å²) in [6.07, 6.45) is 0. The highest BCUT2D eigenvalue weighted by atomic mass is 35.5. The summed E-state index contributed by atoms with van der Waals surface area (Å²) in [5.41, 5.74) is 0.0774. The number of para-hydroxylation sites is 1. The minimum absolute atomic E-state index is 0.0388. The molecule has 0 heterocycles. The highest BCUT2D eigenvalue weighted by molar-refractivity contribution is 7.85. The van der Waals surface area contributed by atoms with Gasteiger partial charge in [-0.1, -0.05) is 17.7 Å². The van der Waals surface area contributed by atoms with E-state index in [1.165, 1.54) is 24.3 Å². The number of hydrogen-bond acceptors (Lipinski definition) is 3. The number of nitrogens with one attached hydrogen (secondary N) is 2. The van der Waals surface area contributed by atoms with Gasteiger partial charge in [0.25, 0.3) is 10.1 Å². The summed E-state index contributed by atoms with van der Waals surface area (Å²) in [6, 6.07) is 7.96. The SMILES string of the molecule is O=C(Nc1ccc(S(=O)(=O)O)cc1)Nc1c(F)cccc1Cl. The van der Waals surface area contributed by atoms with Crippen LogP contribution < -0.4 is 10.6 Å². The van der Waals surface area contributed by atoms with Gasteiger partial charge in [-0.05, 0) is 36.4 Å². The Kier molecular flexibility index (Phi) is 4.65. The molecule has 3 N–H and O–H groups in total. The summed E-state index contributed by atoms with van der Waals surface area (Å²) in [7, 11) is -4.30. The third-order valence-electron chi connectivity index (χ3n) is 2.61. The molecule has 2 aromatic rings. The lowest BCUT2D eigenvalue weighted by atomic mass is 10.3. The minimum Gasteiger partial charge on any atom is -0.308 e.